The van der Waals surface area contributed by atoms with Crippen LogP contribution in [0, 0.1) is 0 Å². The largest absolute Gasteiger partial charge is 0.481 e. The van der Waals surface area contributed by atoms with Gasteiger partial charge in [-0.1, -0.05) is 55.3 Å². The van der Waals surface area contributed by atoms with E-state index in [1.165, 1.54) is 22.3 Å². The molecule has 0 radical (unpaired) electrons. The molecule has 3 heteroatoms. The predicted octanol–water partition coefficient (Wildman–Crippen LogP) is 4.50. The summed E-state index contributed by atoms with van der Waals surface area (Å²) in [7, 11) is 0. The lowest BCUT2D eigenvalue weighted by atomic mass is 9.85. The van der Waals surface area contributed by atoms with Crippen molar-refractivity contribution in [2.45, 2.75) is 51.0 Å². The van der Waals surface area contributed by atoms with Gasteiger partial charge < -0.3 is 10.2 Å². The molecule has 3 rings (SSSR count). The molecule has 24 heavy (non-hydrogen) atoms. The van der Waals surface area contributed by atoms with E-state index in [1.54, 1.807) is 0 Å². The van der Waals surface area contributed by atoms with Gasteiger partial charge in [-0.05, 0) is 54.0 Å². The Hall–Kier alpha value is -2.13. The molecule has 0 amide bonds. The second-order valence-electron chi connectivity index (χ2n) is 6.89. The second-order valence-corrected chi connectivity index (χ2v) is 6.89. The molecule has 0 aliphatic heterocycles. The molecular weight excluding hydrogens is 300 g/mol. The van der Waals surface area contributed by atoms with Gasteiger partial charge in [0, 0.05) is 6.42 Å². The average Bonchev–Trinajstić information content (AvgIpc) is 2.92. The summed E-state index contributed by atoms with van der Waals surface area (Å²) in [6.45, 7) is 1.88. The van der Waals surface area contributed by atoms with E-state index in [4.69, 9.17) is 5.11 Å². The first-order chi connectivity index (χ1) is 11.5. The number of carbonyl (C=O) groups is 1. The van der Waals surface area contributed by atoms with Crippen molar-refractivity contribution in [3.63, 3.8) is 0 Å². The van der Waals surface area contributed by atoms with E-state index in [1.807, 2.05) is 19.1 Å². The molecule has 0 saturated heterocycles. The summed E-state index contributed by atoms with van der Waals surface area (Å²) in [5, 5.41) is 19.7. The molecule has 3 nitrogen and oxygen atoms in total. The fourth-order valence-electron chi connectivity index (χ4n) is 3.72. The molecule has 1 aliphatic carbocycles. The molecule has 1 unspecified atom stereocenters. The highest BCUT2D eigenvalue weighted by molar-refractivity contribution is 5.78. The molecular formula is C21H24O3. The number of carboxylic acids is 1. The summed E-state index contributed by atoms with van der Waals surface area (Å²) in [5.41, 5.74) is 5.18. The van der Waals surface area contributed by atoms with Crippen molar-refractivity contribution in [3.8, 4) is 11.1 Å². The minimum absolute atomic E-state index is 0.207. The Morgan fingerprint density at radius 2 is 1.79 bits per heavy atom. The fourth-order valence-corrected chi connectivity index (χ4v) is 3.72. The number of hydrogen-bond donors (Lipinski definition) is 2. The number of aliphatic hydroxyl groups is 1. The standard InChI is InChI=1S/C21H24O3/c1-21(24,13-6-2-3-12-20(22)23)19-11-7-10-17-16-9-5-4-8-15(16)14-18(17)19/h4-5,7-11,24H,2-3,6,12-14H2,1H3,(H,22,23). The van der Waals surface area contributed by atoms with Gasteiger partial charge in [-0.3, -0.25) is 4.79 Å². The fraction of sp³-hybridized carbons (Fsp3) is 0.381. The highest BCUT2D eigenvalue weighted by Crippen LogP contribution is 2.42. The highest BCUT2D eigenvalue weighted by atomic mass is 16.4. The molecule has 2 N–H and O–H groups in total. The molecule has 126 valence electrons. The maximum Gasteiger partial charge on any atom is 0.303 e. The van der Waals surface area contributed by atoms with Crippen LogP contribution < -0.4 is 0 Å². The van der Waals surface area contributed by atoms with Crippen LogP contribution in [0.15, 0.2) is 42.5 Å². The molecule has 0 spiro atoms. The molecule has 0 bridgehead atoms. The van der Waals surface area contributed by atoms with E-state index in [-0.39, 0.29) is 6.42 Å². The van der Waals surface area contributed by atoms with Crippen molar-refractivity contribution in [3.05, 3.63) is 59.2 Å². The number of hydrogen-bond acceptors (Lipinski definition) is 2. The number of fused-ring (bicyclic) bond motifs is 3. The van der Waals surface area contributed by atoms with Gasteiger partial charge in [0.1, 0.15) is 0 Å². The lowest BCUT2D eigenvalue weighted by Gasteiger charge is -2.26. The number of aliphatic carboxylic acids is 1. The Balaban J connectivity index is 1.74. The van der Waals surface area contributed by atoms with E-state index in [0.717, 1.165) is 24.8 Å². The van der Waals surface area contributed by atoms with Crippen LogP contribution in [-0.4, -0.2) is 16.2 Å². The number of benzene rings is 2. The Labute approximate surface area is 143 Å². The summed E-state index contributed by atoms with van der Waals surface area (Å²) in [5.74, 6) is -0.750. The summed E-state index contributed by atoms with van der Waals surface area (Å²) >= 11 is 0. The third-order valence-electron chi connectivity index (χ3n) is 4.99. The monoisotopic (exact) mass is 324 g/mol. The molecule has 1 aliphatic rings. The minimum Gasteiger partial charge on any atom is -0.481 e. The predicted molar refractivity (Wildman–Crippen MR) is 95.0 cm³/mol. The van der Waals surface area contributed by atoms with E-state index < -0.39 is 11.6 Å². The number of carboxylic acid groups (broad SMARTS) is 1. The van der Waals surface area contributed by atoms with Gasteiger partial charge in [-0.25, -0.2) is 0 Å². The van der Waals surface area contributed by atoms with E-state index >= 15 is 0 Å². The zero-order chi connectivity index (χ0) is 17.2. The van der Waals surface area contributed by atoms with E-state index in [0.29, 0.717) is 12.8 Å². The van der Waals surface area contributed by atoms with Crippen molar-refractivity contribution in [1.29, 1.82) is 0 Å². The van der Waals surface area contributed by atoms with Gasteiger partial charge >= 0.3 is 5.97 Å². The van der Waals surface area contributed by atoms with Crippen LogP contribution in [0.3, 0.4) is 0 Å². The lowest BCUT2D eigenvalue weighted by Crippen LogP contribution is -2.23. The van der Waals surface area contributed by atoms with Crippen LogP contribution in [0.1, 0.15) is 55.7 Å². The molecule has 0 fully saturated rings. The van der Waals surface area contributed by atoms with Gasteiger partial charge in [-0.15, -0.1) is 0 Å². The quantitative estimate of drug-likeness (QED) is 0.629. The van der Waals surface area contributed by atoms with Gasteiger partial charge in [0.2, 0.25) is 0 Å². The highest BCUT2D eigenvalue weighted by Gasteiger charge is 2.29. The molecule has 0 heterocycles. The smallest absolute Gasteiger partial charge is 0.303 e. The number of unbranched alkanes of at least 4 members (excludes halogenated alkanes) is 2. The first kappa shape index (κ1) is 16.7. The Morgan fingerprint density at radius 3 is 2.58 bits per heavy atom. The van der Waals surface area contributed by atoms with E-state index in [2.05, 4.69) is 30.3 Å². The Bertz CT molecular complexity index is 746. The molecule has 0 aromatic heterocycles. The maximum absolute atomic E-state index is 11.0. The Kier molecular flexibility index (Phi) is 4.72. The van der Waals surface area contributed by atoms with Gasteiger partial charge in [0.25, 0.3) is 0 Å². The van der Waals surface area contributed by atoms with Crippen LogP contribution in [0.2, 0.25) is 0 Å². The second kappa shape index (κ2) is 6.78. The van der Waals surface area contributed by atoms with E-state index in [9.17, 15) is 9.90 Å². The van der Waals surface area contributed by atoms with Crippen molar-refractivity contribution < 1.29 is 15.0 Å². The van der Waals surface area contributed by atoms with Crippen molar-refractivity contribution in [2.75, 3.05) is 0 Å². The van der Waals surface area contributed by atoms with Crippen molar-refractivity contribution >= 4 is 5.97 Å². The summed E-state index contributed by atoms with van der Waals surface area (Å²) in [4.78, 5) is 10.6. The average molecular weight is 324 g/mol. The molecule has 2 aromatic carbocycles. The van der Waals surface area contributed by atoms with Crippen LogP contribution in [0.4, 0.5) is 0 Å². The third-order valence-corrected chi connectivity index (χ3v) is 4.99. The van der Waals surface area contributed by atoms with Gasteiger partial charge in [0.05, 0.1) is 5.60 Å². The van der Waals surface area contributed by atoms with Crippen LogP contribution in [0.5, 0.6) is 0 Å². The van der Waals surface area contributed by atoms with Crippen LogP contribution in [-0.2, 0) is 16.8 Å². The maximum atomic E-state index is 11.0. The zero-order valence-electron chi connectivity index (χ0n) is 14.1. The normalized spacial score (nSPS) is 14.8. The minimum atomic E-state index is -0.878. The van der Waals surface area contributed by atoms with Crippen LogP contribution >= 0.6 is 0 Å². The number of rotatable bonds is 7. The lowest BCUT2D eigenvalue weighted by molar-refractivity contribution is -0.137. The zero-order valence-corrected chi connectivity index (χ0v) is 14.1. The van der Waals surface area contributed by atoms with Gasteiger partial charge in [0.15, 0.2) is 0 Å². The SMILES string of the molecule is CC(O)(CCCCCC(=O)O)c1cccc2c1Cc1ccccc1-2. The first-order valence-electron chi connectivity index (χ1n) is 8.64. The molecule has 1 atom stereocenters. The Morgan fingerprint density at radius 1 is 1.04 bits per heavy atom. The van der Waals surface area contributed by atoms with Crippen LogP contribution in [0.25, 0.3) is 11.1 Å². The summed E-state index contributed by atoms with van der Waals surface area (Å²) in [6.07, 6.45) is 4.06. The third kappa shape index (κ3) is 3.36. The van der Waals surface area contributed by atoms with Gasteiger partial charge in [-0.2, -0.15) is 0 Å². The van der Waals surface area contributed by atoms with Crippen molar-refractivity contribution in [2.24, 2.45) is 0 Å². The molecule has 0 saturated carbocycles. The first-order valence-corrected chi connectivity index (χ1v) is 8.64. The van der Waals surface area contributed by atoms with Crippen molar-refractivity contribution in [1.82, 2.24) is 0 Å². The summed E-state index contributed by atoms with van der Waals surface area (Å²) in [6, 6.07) is 14.6. The summed E-state index contributed by atoms with van der Waals surface area (Å²) < 4.78 is 0. The topological polar surface area (TPSA) is 57.5 Å². The molecule has 2 aromatic rings.